The van der Waals surface area contributed by atoms with Crippen LogP contribution < -0.4 is 14.9 Å². The summed E-state index contributed by atoms with van der Waals surface area (Å²) in [4.78, 5) is 42.8. The van der Waals surface area contributed by atoms with Gasteiger partial charge in [0, 0.05) is 11.6 Å². The van der Waals surface area contributed by atoms with E-state index in [0.29, 0.717) is 37.7 Å². The van der Waals surface area contributed by atoms with Gasteiger partial charge in [0.05, 0.1) is 39.0 Å². The summed E-state index contributed by atoms with van der Waals surface area (Å²) in [7, 11) is 0. The quantitative estimate of drug-likeness (QED) is 0.357. The largest absolute Gasteiger partial charge is 0.478 e. The number of benzene rings is 2. The highest BCUT2D eigenvalue weighted by Crippen LogP contribution is 2.31. The number of fused-ring (bicyclic) bond motifs is 1. The molecule has 0 saturated carbocycles. The average Bonchev–Trinajstić information content (AvgIpc) is 3.48. The number of nitrogens with zero attached hydrogens (tertiary/aromatic N) is 2. The molecule has 10 heteroatoms. The molecule has 0 fully saturated rings. The number of allylic oxidation sites excluding steroid dienone is 1. The summed E-state index contributed by atoms with van der Waals surface area (Å²) in [6.07, 6.45) is 1.62. The van der Waals surface area contributed by atoms with Crippen LogP contribution in [0.4, 0.5) is 0 Å². The minimum absolute atomic E-state index is 0.00578. The fourth-order valence-electron chi connectivity index (χ4n) is 4.30. The molecule has 1 aliphatic rings. The van der Waals surface area contributed by atoms with E-state index in [1.54, 1.807) is 38.1 Å². The van der Waals surface area contributed by atoms with Crippen LogP contribution in [0.1, 0.15) is 41.6 Å². The minimum atomic E-state index is -1.12. The van der Waals surface area contributed by atoms with Gasteiger partial charge in [0.15, 0.2) is 4.80 Å². The number of hydrogen-bond acceptors (Lipinski definition) is 7. The van der Waals surface area contributed by atoms with E-state index in [1.807, 2.05) is 30.3 Å². The van der Waals surface area contributed by atoms with Gasteiger partial charge in [0.25, 0.3) is 5.56 Å². The topological polar surface area (TPSA) is 111 Å². The minimum Gasteiger partial charge on any atom is -0.478 e. The van der Waals surface area contributed by atoms with Gasteiger partial charge < -0.3 is 14.3 Å². The molecule has 38 heavy (non-hydrogen) atoms. The molecule has 3 heterocycles. The number of aromatic nitrogens is 1. The molecule has 0 bridgehead atoms. The number of aromatic carboxylic acids is 1. The first-order valence-corrected chi connectivity index (χ1v) is 12.9. The van der Waals surface area contributed by atoms with Crippen LogP contribution in [0, 0.1) is 0 Å². The molecule has 0 radical (unpaired) electrons. The highest BCUT2D eigenvalue weighted by atomic mass is 35.5. The first kappa shape index (κ1) is 25.4. The van der Waals surface area contributed by atoms with E-state index < -0.39 is 18.0 Å². The molecule has 0 amide bonds. The van der Waals surface area contributed by atoms with Crippen molar-refractivity contribution in [3.63, 3.8) is 0 Å². The third-order valence-electron chi connectivity index (χ3n) is 6.02. The fourth-order valence-corrected chi connectivity index (χ4v) is 5.59. The molecule has 0 saturated heterocycles. The van der Waals surface area contributed by atoms with Gasteiger partial charge in [-0.15, -0.1) is 0 Å². The van der Waals surface area contributed by atoms with Crippen LogP contribution in [0.25, 0.3) is 17.4 Å². The van der Waals surface area contributed by atoms with Crippen molar-refractivity contribution in [3.05, 3.63) is 114 Å². The first-order valence-electron chi connectivity index (χ1n) is 11.7. The third kappa shape index (κ3) is 4.62. The van der Waals surface area contributed by atoms with Crippen LogP contribution in [-0.4, -0.2) is 28.2 Å². The molecule has 1 unspecified atom stereocenters. The van der Waals surface area contributed by atoms with Gasteiger partial charge >= 0.3 is 11.9 Å². The number of furan rings is 1. The summed E-state index contributed by atoms with van der Waals surface area (Å²) >= 11 is 7.29. The molecule has 8 nitrogen and oxygen atoms in total. The zero-order valence-electron chi connectivity index (χ0n) is 20.3. The van der Waals surface area contributed by atoms with Gasteiger partial charge in [-0.3, -0.25) is 9.36 Å². The lowest BCUT2D eigenvalue weighted by Crippen LogP contribution is -2.39. The van der Waals surface area contributed by atoms with E-state index in [4.69, 9.17) is 20.8 Å². The SMILES string of the molecule is CCOC(=O)C1=C(C)N=c2sc(=Cc3ccc(-c4ccc(C(=O)O)c(Cl)c4)o3)c(=O)n2C1c1ccccc1. The second-order valence-electron chi connectivity index (χ2n) is 8.41. The van der Waals surface area contributed by atoms with E-state index in [9.17, 15) is 19.5 Å². The maximum atomic E-state index is 13.6. The number of carboxylic acid groups (broad SMARTS) is 1. The molecule has 1 aliphatic heterocycles. The summed E-state index contributed by atoms with van der Waals surface area (Å²) in [6.45, 7) is 3.66. The highest BCUT2D eigenvalue weighted by Gasteiger charge is 2.33. The summed E-state index contributed by atoms with van der Waals surface area (Å²) in [6, 6.07) is 16.5. The Morgan fingerprint density at radius 3 is 2.63 bits per heavy atom. The summed E-state index contributed by atoms with van der Waals surface area (Å²) in [5.41, 5.74) is 1.85. The van der Waals surface area contributed by atoms with Crippen molar-refractivity contribution < 1.29 is 23.8 Å². The molecule has 5 rings (SSSR count). The van der Waals surface area contributed by atoms with Gasteiger partial charge in [0.2, 0.25) is 0 Å². The van der Waals surface area contributed by atoms with Crippen LogP contribution in [0.2, 0.25) is 5.02 Å². The van der Waals surface area contributed by atoms with Gasteiger partial charge in [-0.25, -0.2) is 14.6 Å². The third-order valence-corrected chi connectivity index (χ3v) is 7.31. The molecular weight excluding hydrogens is 528 g/mol. The second-order valence-corrected chi connectivity index (χ2v) is 9.83. The highest BCUT2D eigenvalue weighted by molar-refractivity contribution is 7.07. The Balaban J connectivity index is 1.59. The van der Waals surface area contributed by atoms with Crippen molar-refractivity contribution in [2.75, 3.05) is 6.61 Å². The lowest BCUT2D eigenvalue weighted by molar-refractivity contribution is -0.139. The van der Waals surface area contributed by atoms with Crippen LogP contribution in [0.5, 0.6) is 0 Å². The van der Waals surface area contributed by atoms with Crippen LogP contribution in [0.3, 0.4) is 0 Å². The Kier molecular flexibility index (Phi) is 6.88. The van der Waals surface area contributed by atoms with Crippen LogP contribution in [-0.2, 0) is 9.53 Å². The van der Waals surface area contributed by atoms with Gasteiger partial charge in [-0.2, -0.15) is 0 Å². The normalized spacial score (nSPS) is 15.2. The average molecular weight is 549 g/mol. The standard InChI is InChI=1S/C28H21ClN2O6S/c1-3-36-27(35)23-15(2)30-28-31(24(23)16-7-5-4-6-8-16)25(32)22(38-28)14-18-10-12-21(37-18)17-9-11-19(26(33)34)20(29)13-17/h4-14,24H,3H2,1-2H3,(H,33,34). The zero-order valence-corrected chi connectivity index (χ0v) is 21.9. The van der Waals surface area contributed by atoms with Gasteiger partial charge in [-0.1, -0.05) is 59.3 Å². The smallest absolute Gasteiger partial charge is 0.338 e. The molecular formula is C28H21ClN2O6S. The first-order chi connectivity index (χ1) is 18.3. The number of rotatable bonds is 6. The van der Waals surface area contributed by atoms with Crippen molar-refractivity contribution in [2.45, 2.75) is 19.9 Å². The van der Waals surface area contributed by atoms with Crippen molar-refractivity contribution in [2.24, 2.45) is 4.99 Å². The number of carbonyl (C=O) groups excluding carboxylic acids is 1. The molecule has 4 aromatic rings. The number of carbonyl (C=O) groups is 2. The number of carboxylic acids is 1. The van der Waals surface area contributed by atoms with Crippen LogP contribution >= 0.6 is 22.9 Å². The Bertz CT molecular complexity index is 1780. The monoisotopic (exact) mass is 548 g/mol. The van der Waals surface area contributed by atoms with Crippen molar-refractivity contribution in [3.8, 4) is 11.3 Å². The number of halogens is 1. The Labute approximate surface area is 225 Å². The zero-order chi connectivity index (χ0) is 27.0. The molecule has 1 N–H and O–H groups in total. The van der Waals surface area contributed by atoms with E-state index in [0.717, 1.165) is 5.56 Å². The lowest BCUT2D eigenvalue weighted by Gasteiger charge is -2.24. The maximum Gasteiger partial charge on any atom is 0.338 e. The second kappa shape index (κ2) is 10.3. The van der Waals surface area contributed by atoms with Gasteiger partial charge in [-0.05, 0) is 43.7 Å². The van der Waals surface area contributed by atoms with Gasteiger partial charge in [0.1, 0.15) is 11.5 Å². The molecule has 2 aromatic heterocycles. The number of esters is 1. The Hall–Kier alpha value is -4.21. The molecule has 192 valence electrons. The van der Waals surface area contributed by atoms with Crippen molar-refractivity contribution in [1.82, 2.24) is 4.57 Å². The summed E-state index contributed by atoms with van der Waals surface area (Å²) in [5, 5.41) is 9.28. The molecule has 0 aliphatic carbocycles. The van der Waals surface area contributed by atoms with Crippen molar-refractivity contribution in [1.29, 1.82) is 0 Å². The predicted molar refractivity (Wildman–Crippen MR) is 143 cm³/mol. The fraction of sp³-hybridized carbons (Fsp3) is 0.143. The molecule has 0 spiro atoms. The van der Waals surface area contributed by atoms with E-state index >= 15 is 0 Å². The van der Waals surface area contributed by atoms with E-state index in [-0.39, 0.29) is 22.8 Å². The summed E-state index contributed by atoms with van der Waals surface area (Å²) in [5.74, 6) is -0.751. The molecule has 1 atom stereocenters. The summed E-state index contributed by atoms with van der Waals surface area (Å²) < 4.78 is 13.1. The number of thiazole rings is 1. The van der Waals surface area contributed by atoms with E-state index in [2.05, 4.69) is 4.99 Å². The Morgan fingerprint density at radius 1 is 1.18 bits per heavy atom. The Morgan fingerprint density at radius 2 is 1.95 bits per heavy atom. The number of hydrogen-bond donors (Lipinski definition) is 1. The van der Waals surface area contributed by atoms with E-state index in [1.165, 1.54) is 28.0 Å². The lowest BCUT2D eigenvalue weighted by atomic mass is 9.96. The maximum absolute atomic E-state index is 13.6. The predicted octanol–water partition coefficient (Wildman–Crippen LogP) is 4.41. The number of ether oxygens (including phenoxy) is 1. The molecule has 2 aromatic carbocycles. The van der Waals surface area contributed by atoms with Crippen molar-refractivity contribution >= 4 is 41.0 Å². The van der Waals surface area contributed by atoms with Crippen LogP contribution in [0.15, 0.2) is 86.1 Å².